The van der Waals surface area contributed by atoms with Gasteiger partial charge in [0.15, 0.2) is 0 Å². The number of halogens is 2. The summed E-state index contributed by atoms with van der Waals surface area (Å²) in [6.45, 7) is 3.89. The molecule has 1 N–H and O–H groups in total. The van der Waals surface area contributed by atoms with Crippen LogP contribution in [0.1, 0.15) is 37.0 Å². The predicted octanol–water partition coefficient (Wildman–Crippen LogP) is 3.19. The third kappa shape index (κ3) is 3.45. The quantitative estimate of drug-likeness (QED) is 0.859. The fraction of sp³-hybridized carbons (Fsp3) is 0.462. The van der Waals surface area contributed by atoms with E-state index in [0.717, 1.165) is 12.8 Å². The van der Waals surface area contributed by atoms with Crippen molar-refractivity contribution in [2.75, 3.05) is 0 Å². The molecule has 1 aliphatic carbocycles. The molecule has 0 unspecified atom stereocenters. The van der Waals surface area contributed by atoms with Crippen molar-refractivity contribution < 1.29 is 13.2 Å². The Morgan fingerprint density at radius 2 is 1.95 bits per heavy atom. The molecule has 0 saturated heterocycles. The molecule has 0 radical (unpaired) electrons. The monoisotopic (exact) mass is 335 g/mol. The first-order valence-corrected chi connectivity index (χ1v) is 8.87. The fourth-order valence-electron chi connectivity index (χ4n) is 2.10. The molecular formula is C13H15Cl2NO3S. The molecule has 1 saturated carbocycles. The summed E-state index contributed by atoms with van der Waals surface area (Å²) in [6.07, 6.45) is 2.16. The molecule has 110 valence electrons. The van der Waals surface area contributed by atoms with Crippen molar-refractivity contribution in [1.82, 2.24) is 5.32 Å². The molecule has 0 aliphatic heterocycles. The van der Waals surface area contributed by atoms with E-state index >= 15 is 0 Å². The van der Waals surface area contributed by atoms with Gasteiger partial charge in [0.1, 0.15) is 0 Å². The Bertz CT molecular complexity index is 652. The van der Waals surface area contributed by atoms with Gasteiger partial charge in [-0.05, 0) is 50.8 Å². The lowest BCUT2D eigenvalue weighted by atomic mass is 9.98. The summed E-state index contributed by atoms with van der Waals surface area (Å²) in [6, 6.07) is 3.83. The highest BCUT2D eigenvalue weighted by Crippen LogP contribution is 2.39. The molecule has 1 aromatic rings. The van der Waals surface area contributed by atoms with Crippen molar-refractivity contribution in [2.24, 2.45) is 5.92 Å². The number of carbonyl (C=O) groups is 1. The van der Waals surface area contributed by atoms with Gasteiger partial charge in [0, 0.05) is 16.2 Å². The van der Waals surface area contributed by atoms with Crippen LogP contribution in [0.5, 0.6) is 0 Å². The molecule has 20 heavy (non-hydrogen) atoms. The van der Waals surface area contributed by atoms with Gasteiger partial charge in [0.2, 0.25) is 0 Å². The van der Waals surface area contributed by atoms with Crippen LogP contribution in [0.15, 0.2) is 23.1 Å². The van der Waals surface area contributed by atoms with Crippen molar-refractivity contribution in [1.29, 1.82) is 0 Å². The van der Waals surface area contributed by atoms with E-state index in [0.29, 0.717) is 5.92 Å². The van der Waals surface area contributed by atoms with Crippen LogP contribution in [-0.2, 0) is 9.05 Å². The Balaban J connectivity index is 2.29. The third-order valence-corrected chi connectivity index (χ3v) is 5.18. The summed E-state index contributed by atoms with van der Waals surface area (Å²) in [7, 11) is 1.39. The van der Waals surface area contributed by atoms with Crippen LogP contribution >= 0.6 is 22.3 Å². The number of rotatable bonds is 4. The molecular weight excluding hydrogens is 321 g/mol. The molecule has 1 amide bonds. The van der Waals surface area contributed by atoms with Gasteiger partial charge in [-0.1, -0.05) is 11.6 Å². The van der Waals surface area contributed by atoms with Crippen molar-refractivity contribution in [3.05, 3.63) is 28.8 Å². The van der Waals surface area contributed by atoms with Crippen LogP contribution in [0.3, 0.4) is 0 Å². The average molecular weight is 336 g/mol. The zero-order valence-electron chi connectivity index (χ0n) is 11.1. The molecule has 7 heteroatoms. The SMILES string of the molecule is CC(C)(NC(=O)c1cc(S(=O)(=O)Cl)ccc1Cl)C1CC1. The molecule has 0 heterocycles. The maximum absolute atomic E-state index is 12.3. The van der Waals surface area contributed by atoms with Gasteiger partial charge in [0.25, 0.3) is 15.0 Å². The van der Waals surface area contributed by atoms with E-state index in [4.69, 9.17) is 22.3 Å². The van der Waals surface area contributed by atoms with E-state index in [1.807, 2.05) is 13.8 Å². The largest absolute Gasteiger partial charge is 0.347 e. The maximum Gasteiger partial charge on any atom is 0.261 e. The van der Waals surface area contributed by atoms with Gasteiger partial charge in [-0.2, -0.15) is 0 Å². The molecule has 0 aromatic heterocycles. The molecule has 0 spiro atoms. The third-order valence-electron chi connectivity index (χ3n) is 3.50. The number of carbonyl (C=O) groups excluding carboxylic acids is 1. The Labute approximate surface area is 127 Å². The second kappa shape index (κ2) is 5.20. The predicted molar refractivity (Wildman–Crippen MR) is 78.8 cm³/mol. The smallest absolute Gasteiger partial charge is 0.261 e. The van der Waals surface area contributed by atoms with E-state index in [2.05, 4.69) is 5.32 Å². The number of benzene rings is 1. The zero-order valence-corrected chi connectivity index (χ0v) is 13.4. The Morgan fingerprint density at radius 1 is 1.35 bits per heavy atom. The summed E-state index contributed by atoms with van der Waals surface area (Å²) in [5.41, 5.74) is -0.224. The van der Waals surface area contributed by atoms with Crippen LogP contribution < -0.4 is 5.32 Å². The second-order valence-corrected chi connectivity index (χ2v) is 8.50. The van der Waals surface area contributed by atoms with Crippen LogP contribution in [0, 0.1) is 5.92 Å². The van der Waals surface area contributed by atoms with Crippen LogP contribution in [0.4, 0.5) is 0 Å². The lowest BCUT2D eigenvalue weighted by Crippen LogP contribution is -2.45. The van der Waals surface area contributed by atoms with Gasteiger partial charge < -0.3 is 5.32 Å². The maximum atomic E-state index is 12.3. The zero-order chi connectivity index (χ0) is 15.1. The number of amides is 1. The van der Waals surface area contributed by atoms with Gasteiger partial charge in [0.05, 0.1) is 15.5 Å². The minimum absolute atomic E-state index is 0.113. The Morgan fingerprint density at radius 3 is 2.45 bits per heavy atom. The van der Waals surface area contributed by atoms with Crippen LogP contribution in [-0.4, -0.2) is 19.9 Å². The van der Waals surface area contributed by atoms with Gasteiger partial charge in [-0.3, -0.25) is 4.79 Å². The van der Waals surface area contributed by atoms with E-state index in [-0.39, 0.29) is 21.0 Å². The normalized spacial score (nSPS) is 16.0. The lowest BCUT2D eigenvalue weighted by molar-refractivity contribution is 0.0903. The van der Waals surface area contributed by atoms with E-state index in [1.165, 1.54) is 18.2 Å². The summed E-state index contributed by atoms with van der Waals surface area (Å²) in [4.78, 5) is 12.1. The van der Waals surface area contributed by atoms with E-state index < -0.39 is 15.0 Å². The van der Waals surface area contributed by atoms with E-state index in [1.54, 1.807) is 0 Å². The Hall–Kier alpha value is -0.780. The van der Waals surface area contributed by atoms with Crippen molar-refractivity contribution >= 4 is 37.2 Å². The average Bonchev–Trinajstić information content (AvgIpc) is 3.10. The van der Waals surface area contributed by atoms with Gasteiger partial charge >= 0.3 is 0 Å². The lowest BCUT2D eigenvalue weighted by Gasteiger charge is -2.26. The highest BCUT2D eigenvalue weighted by molar-refractivity contribution is 8.13. The van der Waals surface area contributed by atoms with Crippen molar-refractivity contribution in [2.45, 2.75) is 37.1 Å². The Kier molecular flexibility index (Phi) is 4.06. The highest BCUT2D eigenvalue weighted by Gasteiger charge is 2.39. The number of hydrogen-bond acceptors (Lipinski definition) is 3. The molecule has 1 aromatic carbocycles. The van der Waals surface area contributed by atoms with Crippen molar-refractivity contribution in [3.63, 3.8) is 0 Å². The molecule has 1 aliphatic rings. The number of nitrogens with one attached hydrogen (secondary N) is 1. The highest BCUT2D eigenvalue weighted by atomic mass is 35.7. The van der Waals surface area contributed by atoms with Crippen molar-refractivity contribution in [3.8, 4) is 0 Å². The molecule has 2 rings (SSSR count). The topological polar surface area (TPSA) is 63.2 Å². The summed E-state index contributed by atoms with van der Waals surface area (Å²) < 4.78 is 22.6. The van der Waals surface area contributed by atoms with Gasteiger partial charge in [-0.25, -0.2) is 8.42 Å². The fourth-order valence-corrected chi connectivity index (χ4v) is 3.08. The first-order chi connectivity index (χ1) is 9.11. The number of hydrogen-bond donors (Lipinski definition) is 1. The second-order valence-electron chi connectivity index (χ2n) is 5.53. The standard InChI is InChI=1S/C13H15Cl2NO3S/c1-13(2,8-3-4-8)16-12(17)10-7-9(20(15,18)19)5-6-11(10)14/h5-8H,3-4H2,1-2H3,(H,16,17). The first-order valence-electron chi connectivity index (χ1n) is 6.18. The first kappa shape index (κ1) is 15.6. The molecule has 0 atom stereocenters. The minimum atomic E-state index is -3.89. The van der Waals surface area contributed by atoms with Crippen LogP contribution in [0.25, 0.3) is 0 Å². The van der Waals surface area contributed by atoms with E-state index in [9.17, 15) is 13.2 Å². The minimum Gasteiger partial charge on any atom is -0.347 e. The summed E-state index contributed by atoms with van der Waals surface area (Å²) >= 11 is 5.97. The molecule has 4 nitrogen and oxygen atoms in total. The van der Waals surface area contributed by atoms with Crippen LogP contribution in [0.2, 0.25) is 5.02 Å². The summed E-state index contributed by atoms with van der Waals surface area (Å²) in [5.74, 6) is 0.0548. The molecule has 0 bridgehead atoms. The van der Waals surface area contributed by atoms with Gasteiger partial charge in [-0.15, -0.1) is 0 Å². The summed E-state index contributed by atoms with van der Waals surface area (Å²) in [5, 5.41) is 3.09. The molecule has 1 fully saturated rings.